The molecule has 1 aliphatic rings. The van der Waals surface area contributed by atoms with E-state index in [1.165, 1.54) is 14.2 Å². The Morgan fingerprint density at radius 3 is 2.22 bits per heavy atom. The fourth-order valence-electron chi connectivity index (χ4n) is 2.97. The molecule has 0 bridgehead atoms. The van der Waals surface area contributed by atoms with Gasteiger partial charge in [0.15, 0.2) is 0 Å². The van der Waals surface area contributed by atoms with Gasteiger partial charge in [-0.15, -0.1) is 0 Å². The molecule has 142 valence electrons. The lowest BCUT2D eigenvalue weighted by molar-refractivity contribution is 0.102. The van der Waals surface area contributed by atoms with Crippen molar-refractivity contribution >= 4 is 23.3 Å². The van der Waals surface area contributed by atoms with Gasteiger partial charge in [0.25, 0.3) is 5.91 Å². The molecular weight excluding hydrogens is 346 g/mol. The second-order valence-corrected chi connectivity index (χ2v) is 6.31. The number of methoxy groups -OCH3 is 2. The molecule has 0 radical (unpaired) electrons. The van der Waals surface area contributed by atoms with Crippen LogP contribution in [0.2, 0.25) is 0 Å². The molecule has 1 saturated heterocycles. The van der Waals surface area contributed by atoms with E-state index in [9.17, 15) is 9.59 Å². The van der Waals surface area contributed by atoms with Gasteiger partial charge in [-0.2, -0.15) is 0 Å². The van der Waals surface area contributed by atoms with Gasteiger partial charge in [-0.1, -0.05) is 0 Å². The molecule has 7 nitrogen and oxygen atoms in total. The van der Waals surface area contributed by atoms with Gasteiger partial charge in [-0.05, 0) is 42.8 Å². The first-order valence-corrected chi connectivity index (χ1v) is 8.69. The zero-order valence-corrected chi connectivity index (χ0v) is 15.7. The molecule has 0 aliphatic carbocycles. The third kappa shape index (κ3) is 4.13. The molecular formula is C20H23N3O4. The Labute approximate surface area is 158 Å². The lowest BCUT2D eigenvalue weighted by Gasteiger charge is -2.33. The van der Waals surface area contributed by atoms with Crippen LogP contribution < -0.4 is 19.7 Å². The van der Waals surface area contributed by atoms with Crippen LogP contribution in [0.25, 0.3) is 0 Å². The first kappa shape index (κ1) is 18.6. The summed E-state index contributed by atoms with van der Waals surface area (Å²) in [5.41, 5.74) is 1.89. The van der Waals surface area contributed by atoms with Crippen LogP contribution in [-0.4, -0.2) is 51.2 Å². The van der Waals surface area contributed by atoms with E-state index in [1.807, 2.05) is 12.1 Å². The number of hydrogen-bond donors (Lipinski definition) is 1. The van der Waals surface area contributed by atoms with Gasteiger partial charge in [-0.25, -0.2) is 4.79 Å². The van der Waals surface area contributed by atoms with Gasteiger partial charge >= 0.3 is 6.03 Å². The van der Waals surface area contributed by atoms with Gasteiger partial charge in [0, 0.05) is 43.1 Å². The standard InChI is InChI=1S/C20H23N3O4/c1-22-9-4-10-23(20(22)25)16-7-5-15(6-8-16)21-19(24)14-11-17(26-2)13-18(12-14)27-3/h5-8,11-13H,4,9-10H2,1-3H3,(H,21,24). The van der Waals surface area contributed by atoms with Crippen molar-refractivity contribution in [3.8, 4) is 11.5 Å². The lowest BCUT2D eigenvalue weighted by Crippen LogP contribution is -2.47. The predicted molar refractivity (Wildman–Crippen MR) is 104 cm³/mol. The highest BCUT2D eigenvalue weighted by atomic mass is 16.5. The average molecular weight is 369 g/mol. The summed E-state index contributed by atoms with van der Waals surface area (Å²) in [6.07, 6.45) is 0.929. The Morgan fingerprint density at radius 1 is 1.00 bits per heavy atom. The Hall–Kier alpha value is -3.22. The number of rotatable bonds is 5. The molecule has 2 aromatic carbocycles. The smallest absolute Gasteiger partial charge is 0.324 e. The van der Waals surface area contributed by atoms with Crippen LogP contribution >= 0.6 is 0 Å². The van der Waals surface area contributed by atoms with Crippen molar-refractivity contribution in [1.29, 1.82) is 0 Å². The molecule has 1 aliphatic heterocycles. The minimum Gasteiger partial charge on any atom is -0.497 e. The van der Waals surface area contributed by atoms with Crippen molar-refractivity contribution in [3.63, 3.8) is 0 Å². The summed E-state index contributed by atoms with van der Waals surface area (Å²) in [6.45, 7) is 1.46. The van der Waals surface area contributed by atoms with Crippen LogP contribution in [0.4, 0.5) is 16.2 Å². The first-order chi connectivity index (χ1) is 13.0. The second kappa shape index (κ2) is 7.99. The molecule has 0 atom stereocenters. The minimum absolute atomic E-state index is 0.0125. The number of carbonyl (C=O) groups excluding carboxylic acids is 2. The van der Waals surface area contributed by atoms with Gasteiger partial charge in [0.2, 0.25) is 0 Å². The second-order valence-electron chi connectivity index (χ2n) is 6.31. The van der Waals surface area contributed by atoms with Gasteiger partial charge < -0.3 is 19.7 Å². The summed E-state index contributed by atoms with van der Waals surface area (Å²) in [7, 11) is 4.87. The van der Waals surface area contributed by atoms with E-state index in [-0.39, 0.29) is 11.9 Å². The molecule has 3 amide bonds. The zero-order valence-electron chi connectivity index (χ0n) is 15.7. The third-order valence-electron chi connectivity index (χ3n) is 4.48. The van der Waals surface area contributed by atoms with E-state index < -0.39 is 0 Å². The summed E-state index contributed by atoms with van der Waals surface area (Å²) >= 11 is 0. The highest BCUT2D eigenvalue weighted by molar-refractivity contribution is 6.05. The number of nitrogens with one attached hydrogen (secondary N) is 1. The highest BCUT2D eigenvalue weighted by Crippen LogP contribution is 2.25. The summed E-state index contributed by atoms with van der Waals surface area (Å²) < 4.78 is 10.4. The van der Waals surface area contributed by atoms with Crippen molar-refractivity contribution in [2.75, 3.05) is 44.6 Å². The normalized spacial score (nSPS) is 14.1. The van der Waals surface area contributed by atoms with Gasteiger partial charge in [0.05, 0.1) is 14.2 Å². The molecule has 0 spiro atoms. The SMILES string of the molecule is COc1cc(OC)cc(C(=O)Nc2ccc(N3CCCN(C)C3=O)cc2)c1. The minimum atomic E-state index is -0.270. The van der Waals surface area contributed by atoms with Crippen molar-refractivity contribution in [3.05, 3.63) is 48.0 Å². The maximum absolute atomic E-state index is 12.5. The lowest BCUT2D eigenvalue weighted by atomic mass is 10.1. The number of hydrogen-bond acceptors (Lipinski definition) is 4. The molecule has 3 rings (SSSR count). The van der Waals surface area contributed by atoms with Crippen LogP contribution in [0.1, 0.15) is 16.8 Å². The average Bonchev–Trinajstić information content (AvgIpc) is 2.70. The van der Waals surface area contributed by atoms with E-state index in [4.69, 9.17) is 9.47 Å². The van der Waals surface area contributed by atoms with Crippen LogP contribution in [0.15, 0.2) is 42.5 Å². The van der Waals surface area contributed by atoms with Crippen LogP contribution in [0, 0.1) is 0 Å². The predicted octanol–water partition coefficient (Wildman–Crippen LogP) is 3.22. The number of amides is 3. The number of ether oxygens (including phenoxy) is 2. The Balaban J connectivity index is 1.73. The molecule has 27 heavy (non-hydrogen) atoms. The summed E-state index contributed by atoms with van der Waals surface area (Å²) in [5, 5.41) is 2.85. The molecule has 0 unspecified atom stereocenters. The van der Waals surface area contributed by atoms with Crippen LogP contribution in [0.3, 0.4) is 0 Å². The van der Waals surface area contributed by atoms with Crippen LogP contribution in [0.5, 0.6) is 11.5 Å². The topological polar surface area (TPSA) is 71.1 Å². The quantitative estimate of drug-likeness (QED) is 0.878. The molecule has 2 aromatic rings. The van der Waals surface area contributed by atoms with E-state index in [0.717, 1.165) is 18.7 Å². The van der Waals surface area contributed by atoms with Crippen molar-refractivity contribution in [2.45, 2.75) is 6.42 Å². The summed E-state index contributed by atoms with van der Waals surface area (Å²) in [4.78, 5) is 28.2. The molecule has 1 N–H and O–H groups in total. The largest absolute Gasteiger partial charge is 0.497 e. The number of benzene rings is 2. The number of carbonyl (C=O) groups is 2. The van der Waals surface area contributed by atoms with E-state index in [2.05, 4.69) is 5.32 Å². The number of anilines is 2. The number of nitrogens with zero attached hydrogens (tertiary/aromatic N) is 2. The van der Waals surface area contributed by atoms with Crippen molar-refractivity contribution < 1.29 is 19.1 Å². The molecule has 1 fully saturated rings. The zero-order chi connectivity index (χ0) is 19.4. The Morgan fingerprint density at radius 2 is 1.63 bits per heavy atom. The molecule has 0 aromatic heterocycles. The van der Waals surface area contributed by atoms with Gasteiger partial charge in [0.1, 0.15) is 11.5 Å². The summed E-state index contributed by atoms with van der Waals surface area (Å²) in [5.74, 6) is 0.818. The fraction of sp³-hybridized carbons (Fsp3) is 0.300. The van der Waals surface area contributed by atoms with Crippen molar-refractivity contribution in [2.24, 2.45) is 0 Å². The highest BCUT2D eigenvalue weighted by Gasteiger charge is 2.23. The van der Waals surface area contributed by atoms with Crippen LogP contribution in [-0.2, 0) is 0 Å². The summed E-state index contributed by atoms with van der Waals surface area (Å²) in [6, 6.07) is 12.2. The molecule has 1 heterocycles. The maximum atomic E-state index is 12.5. The van der Waals surface area contributed by atoms with E-state index >= 15 is 0 Å². The Bertz CT molecular complexity index is 813. The third-order valence-corrected chi connectivity index (χ3v) is 4.48. The molecule has 7 heteroatoms. The van der Waals surface area contributed by atoms with E-state index in [1.54, 1.807) is 47.2 Å². The fourth-order valence-corrected chi connectivity index (χ4v) is 2.97. The monoisotopic (exact) mass is 369 g/mol. The van der Waals surface area contributed by atoms with Gasteiger partial charge in [-0.3, -0.25) is 9.69 Å². The van der Waals surface area contributed by atoms with Crippen molar-refractivity contribution in [1.82, 2.24) is 4.90 Å². The molecule has 0 saturated carbocycles. The van der Waals surface area contributed by atoms with E-state index in [0.29, 0.717) is 29.3 Å². The number of urea groups is 1. The Kier molecular flexibility index (Phi) is 5.49. The maximum Gasteiger partial charge on any atom is 0.324 e. The first-order valence-electron chi connectivity index (χ1n) is 8.69.